The van der Waals surface area contributed by atoms with Crippen LogP contribution in [0.15, 0.2) is 24.5 Å². The van der Waals surface area contributed by atoms with E-state index in [1.807, 2.05) is 0 Å². The van der Waals surface area contributed by atoms with Crippen molar-refractivity contribution >= 4 is 11.8 Å². The van der Waals surface area contributed by atoms with Gasteiger partial charge in [0.2, 0.25) is 11.8 Å². The summed E-state index contributed by atoms with van der Waals surface area (Å²) in [6, 6.07) is 3.10. The second-order valence-electron chi connectivity index (χ2n) is 7.72. The first-order valence-electron chi connectivity index (χ1n) is 9.88. The van der Waals surface area contributed by atoms with Crippen LogP contribution in [0, 0.1) is 11.7 Å². The van der Waals surface area contributed by atoms with Gasteiger partial charge in [0, 0.05) is 13.1 Å². The molecule has 2 amide bonds. The zero-order valence-electron chi connectivity index (χ0n) is 16.0. The minimum atomic E-state index is -0.550. The Morgan fingerprint density at radius 1 is 1.31 bits per heavy atom. The van der Waals surface area contributed by atoms with E-state index in [9.17, 15) is 14.0 Å². The number of carbonyl (C=O) groups is 2. The van der Waals surface area contributed by atoms with Gasteiger partial charge in [-0.2, -0.15) is 0 Å². The smallest absolute Gasteiger partial charge is 0.243 e. The molecule has 1 saturated heterocycles. The predicted molar refractivity (Wildman–Crippen MR) is 101 cm³/mol. The number of carbonyl (C=O) groups excluding carboxylic acids is 2. The minimum Gasteiger partial charge on any atom is -0.350 e. The summed E-state index contributed by atoms with van der Waals surface area (Å²) in [7, 11) is 0. The van der Waals surface area contributed by atoms with Gasteiger partial charge in [0.25, 0.3) is 0 Å². The molecule has 2 heterocycles. The Hall–Kier alpha value is -2.88. The lowest BCUT2D eigenvalue weighted by molar-refractivity contribution is -0.139. The maximum atomic E-state index is 13.7. The van der Waals surface area contributed by atoms with Crippen LogP contribution < -0.4 is 11.1 Å². The van der Waals surface area contributed by atoms with Crippen LogP contribution in [0.3, 0.4) is 0 Å². The zero-order chi connectivity index (χ0) is 20.4. The number of amides is 2. The Labute approximate surface area is 167 Å². The van der Waals surface area contributed by atoms with Gasteiger partial charge in [-0.25, -0.2) is 9.07 Å². The molecule has 2 atom stereocenters. The molecular formula is C19H24FN7O2. The first-order valence-corrected chi connectivity index (χ1v) is 9.88. The third-order valence-electron chi connectivity index (χ3n) is 5.53. The Morgan fingerprint density at radius 2 is 2.14 bits per heavy atom. The van der Waals surface area contributed by atoms with E-state index >= 15 is 0 Å². The number of hydrogen-bond acceptors (Lipinski definition) is 6. The van der Waals surface area contributed by atoms with Crippen molar-refractivity contribution in [1.29, 1.82) is 0 Å². The van der Waals surface area contributed by atoms with Gasteiger partial charge in [-0.05, 0) is 59.4 Å². The highest BCUT2D eigenvalue weighted by atomic mass is 19.1. The number of rotatable bonds is 7. The fourth-order valence-corrected chi connectivity index (χ4v) is 3.82. The lowest BCUT2D eigenvalue weighted by atomic mass is 10.1. The molecule has 0 unspecified atom stereocenters. The molecule has 4 rings (SSSR count). The largest absolute Gasteiger partial charge is 0.350 e. The van der Waals surface area contributed by atoms with Crippen LogP contribution in [0.2, 0.25) is 0 Å². The van der Waals surface area contributed by atoms with Gasteiger partial charge in [-0.15, -0.1) is 5.10 Å². The highest BCUT2D eigenvalue weighted by Gasteiger charge is 2.37. The van der Waals surface area contributed by atoms with Gasteiger partial charge in [-0.3, -0.25) is 9.59 Å². The maximum absolute atomic E-state index is 13.7. The van der Waals surface area contributed by atoms with Gasteiger partial charge in [0.1, 0.15) is 18.2 Å². The second-order valence-corrected chi connectivity index (χ2v) is 7.72. The number of benzene rings is 1. The molecule has 2 aromatic rings. The second kappa shape index (κ2) is 8.24. The molecule has 1 aliphatic carbocycles. The van der Waals surface area contributed by atoms with Crippen molar-refractivity contribution < 1.29 is 14.0 Å². The molecule has 1 saturated carbocycles. The van der Waals surface area contributed by atoms with Crippen LogP contribution in [0.1, 0.15) is 37.7 Å². The Bertz CT molecular complexity index is 885. The van der Waals surface area contributed by atoms with Gasteiger partial charge in [-0.1, -0.05) is 12.8 Å². The number of nitrogens with one attached hydrogen (secondary N) is 1. The van der Waals surface area contributed by atoms with Crippen LogP contribution in [0.4, 0.5) is 4.39 Å². The van der Waals surface area contributed by atoms with Crippen LogP contribution >= 0.6 is 0 Å². The Balaban J connectivity index is 1.41. The first-order chi connectivity index (χ1) is 14.0. The van der Waals surface area contributed by atoms with Crippen LogP contribution in [0.5, 0.6) is 0 Å². The van der Waals surface area contributed by atoms with E-state index in [0.29, 0.717) is 36.6 Å². The van der Waals surface area contributed by atoms with Gasteiger partial charge in [0.05, 0.1) is 11.7 Å². The number of hydrogen-bond donors (Lipinski definition) is 2. The van der Waals surface area contributed by atoms with Crippen LogP contribution in [-0.4, -0.2) is 55.5 Å². The van der Waals surface area contributed by atoms with Gasteiger partial charge >= 0.3 is 0 Å². The maximum Gasteiger partial charge on any atom is 0.243 e. The molecular weight excluding hydrogens is 377 g/mol. The predicted octanol–water partition coefficient (Wildman–Crippen LogP) is 0.536. The highest BCUT2D eigenvalue weighted by Crippen LogP contribution is 2.33. The van der Waals surface area contributed by atoms with Gasteiger partial charge < -0.3 is 16.0 Å². The number of aromatic nitrogens is 4. The molecule has 10 heteroatoms. The van der Waals surface area contributed by atoms with E-state index in [-0.39, 0.29) is 18.4 Å². The molecule has 154 valence electrons. The average molecular weight is 401 g/mol. The van der Waals surface area contributed by atoms with E-state index < -0.39 is 17.9 Å². The summed E-state index contributed by atoms with van der Waals surface area (Å²) >= 11 is 0. The Morgan fingerprint density at radius 3 is 2.86 bits per heavy atom. The van der Waals surface area contributed by atoms with Crippen molar-refractivity contribution in [3.05, 3.63) is 35.9 Å². The monoisotopic (exact) mass is 401 g/mol. The van der Waals surface area contributed by atoms with Crippen molar-refractivity contribution in [2.75, 3.05) is 6.54 Å². The molecule has 2 fully saturated rings. The minimum absolute atomic E-state index is 0.0957. The highest BCUT2D eigenvalue weighted by molar-refractivity contribution is 5.90. The summed E-state index contributed by atoms with van der Waals surface area (Å²) in [6.45, 7) is 0.629. The van der Waals surface area contributed by atoms with Crippen molar-refractivity contribution in [2.45, 2.75) is 50.7 Å². The van der Waals surface area contributed by atoms with E-state index in [4.69, 9.17) is 5.73 Å². The molecule has 3 N–H and O–H groups in total. The number of nitrogens with two attached hydrogens (primary N) is 1. The van der Waals surface area contributed by atoms with Crippen LogP contribution in [0.25, 0.3) is 5.69 Å². The van der Waals surface area contributed by atoms with Crippen LogP contribution in [-0.2, 0) is 16.1 Å². The average Bonchev–Trinajstić information content (AvgIpc) is 3.18. The van der Waals surface area contributed by atoms with Crippen molar-refractivity contribution in [2.24, 2.45) is 11.7 Å². The van der Waals surface area contributed by atoms with Crippen molar-refractivity contribution in [3.63, 3.8) is 0 Å². The van der Waals surface area contributed by atoms with E-state index in [1.54, 1.807) is 11.0 Å². The molecule has 1 aromatic carbocycles. The molecule has 2 aliphatic rings. The number of halogens is 1. The standard InChI is InChI=1S/C19H24FN7O2/c20-14-5-6-16(27-11-23-24-25-27)13(9-14)10-22-18(28)17-2-1-7-26(17)19(29)15(21)8-12-3-4-12/h5-6,9,11-12,15,17H,1-4,7-8,10,21H2,(H,22,28)/t15-,17+/m1/s1. The molecule has 0 spiro atoms. The van der Waals surface area contributed by atoms with Crippen molar-refractivity contribution in [3.8, 4) is 5.69 Å². The normalized spacial score (nSPS) is 19.9. The van der Waals surface area contributed by atoms with Crippen molar-refractivity contribution in [1.82, 2.24) is 30.4 Å². The first kappa shape index (κ1) is 19.4. The summed E-state index contributed by atoms with van der Waals surface area (Å²) in [5, 5.41) is 13.8. The lowest BCUT2D eigenvalue weighted by Gasteiger charge is -2.27. The zero-order valence-corrected chi connectivity index (χ0v) is 16.0. The summed E-state index contributed by atoms with van der Waals surface area (Å²) in [4.78, 5) is 27.1. The third-order valence-corrected chi connectivity index (χ3v) is 5.53. The number of nitrogens with zero attached hydrogens (tertiary/aromatic N) is 5. The summed E-state index contributed by atoms with van der Waals surface area (Å²) in [5.41, 5.74) is 7.18. The van der Waals surface area contributed by atoms with E-state index in [2.05, 4.69) is 20.8 Å². The Kier molecular flexibility index (Phi) is 5.52. The molecule has 1 aromatic heterocycles. The topological polar surface area (TPSA) is 119 Å². The quantitative estimate of drug-likeness (QED) is 0.699. The number of tetrazole rings is 1. The van der Waals surface area contributed by atoms with E-state index in [0.717, 1.165) is 19.3 Å². The lowest BCUT2D eigenvalue weighted by Crippen LogP contribution is -2.51. The molecule has 0 radical (unpaired) electrons. The van der Waals surface area contributed by atoms with Gasteiger partial charge in [0.15, 0.2) is 0 Å². The fourth-order valence-electron chi connectivity index (χ4n) is 3.82. The SMILES string of the molecule is N[C@H](CC1CC1)C(=O)N1CCC[C@H]1C(=O)NCc1cc(F)ccc1-n1cnnn1. The molecule has 9 nitrogen and oxygen atoms in total. The fraction of sp³-hybridized carbons (Fsp3) is 0.526. The molecule has 1 aliphatic heterocycles. The summed E-state index contributed by atoms with van der Waals surface area (Å²) in [6.07, 6.45) is 5.69. The summed E-state index contributed by atoms with van der Waals surface area (Å²) in [5.74, 6) is -0.299. The van der Waals surface area contributed by atoms with E-state index in [1.165, 1.54) is 23.1 Å². The molecule has 29 heavy (non-hydrogen) atoms. The summed E-state index contributed by atoms with van der Waals surface area (Å²) < 4.78 is 15.1. The number of likely N-dealkylation sites (tertiary alicyclic amines) is 1. The third kappa shape index (κ3) is 4.42. The molecule has 0 bridgehead atoms.